The van der Waals surface area contributed by atoms with E-state index in [-0.39, 0.29) is 5.41 Å². The summed E-state index contributed by atoms with van der Waals surface area (Å²) in [5.41, 5.74) is 24.8. The second-order valence-electron chi connectivity index (χ2n) is 18.7. The van der Waals surface area contributed by atoms with E-state index in [0.717, 1.165) is 11.4 Å². The Balaban J connectivity index is 1.03. The molecule has 0 amide bonds. The first kappa shape index (κ1) is 37.2. The van der Waals surface area contributed by atoms with Gasteiger partial charge in [-0.15, -0.1) is 0 Å². The van der Waals surface area contributed by atoms with Crippen molar-refractivity contribution in [3.05, 3.63) is 264 Å². The molecule has 1 aromatic heterocycles. The van der Waals surface area contributed by atoms with Crippen molar-refractivity contribution in [2.45, 2.75) is 24.7 Å². The first-order valence-electron chi connectivity index (χ1n) is 23.2. The standard InChI is InChI=1S/C64H44N2/c1-63(2)50-27-11-8-23-47(50)61-54(63)31-17-35-58(61)66(43-39-37-41(38-40-43)44-26-16-34-57-60(44)49-25-10-15-33-56(49)65(57)42-19-4-3-5-20-42)59-36-18-32-55-62(59)48-24-9-14-30-53(48)64(55)51-28-12-6-21-45(51)46-22-7-13-29-52(46)64/h3-40H,1-2H3. The second-order valence-corrected chi connectivity index (χ2v) is 18.7. The normalized spacial score (nSPS) is 14.2. The Morgan fingerprint density at radius 3 is 1.50 bits per heavy atom. The smallest absolute Gasteiger partial charge is 0.0726 e. The molecule has 0 N–H and O–H groups in total. The predicted octanol–water partition coefficient (Wildman–Crippen LogP) is 16.6. The Bertz CT molecular complexity index is 3750. The number of benzene rings is 10. The Morgan fingerprint density at radius 2 is 0.818 bits per heavy atom. The summed E-state index contributed by atoms with van der Waals surface area (Å²) in [6, 6.07) is 86.2. The Kier molecular flexibility index (Phi) is 7.70. The van der Waals surface area contributed by atoms with Gasteiger partial charge in [-0.25, -0.2) is 0 Å². The van der Waals surface area contributed by atoms with Crippen LogP contribution in [-0.2, 0) is 10.8 Å². The van der Waals surface area contributed by atoms with Crippen LogP contribution in [0.25, 0.3) is 72.0 Å². The van der Waals surface area contributed by atoms with Gasteiger partial charge >= 0.3 is 0 Å². The van der Waals surface area contributed by atoms with Crippen LogP contribution >= 0.6 is 0 Å². The third kappa shape index (κ3) is 4.80. The van der Waals surface area contributed by atoms with Gasteiger partial charge in [0.25, 0.3) is 0 Å². The minimum Gasteiger partial charge on any atom is -0.309 e. The molecule has 2 heteroatoms. The number of anilines is 3. The molecule has 1 spiro atoms. The zero-order valence-corrected chi connectivity index (χ0v) is 36.8. The lowest BCUT2D eigenvalue weighted by molar-refractivity contribution is 0.660. The largest absolute Gasteiger partial charge is 0.309 e. The lowest BCUT2D eigenvalue weighted by atomic mass is 9.70. The van der Waals surface area contributed by atoms with E-state index in [4.69, 9.17) is 0 Å². The minimum atomic E-state index is -0.449. The fourth-order valence-electron chi connectivity index (χ4n) is 12.5. The first-order valence-corrected chi connectivity index (χ1v) is 23.2. The summed E-state index contributed by atoms with van der Waals surface area (Å²) in [6.07, 6.45) is 0. The van der Waals surface area contributed by atoms with Gasteiger partial charge in [0.05, 0.1) is 27.8 Å². The Morgan fingerprint density at radius 1 is 0.348 bits per heavy atom. The number of hydrogen-bond donors (Lipinski definition) is 0. The summed E-state index contributed by atoms with van der Waals surface area (Å²) < 4.78 is 2.40. The molecule has 0 atom stereocenters. The van der Waals surface area contributed by atoms with Crippen LogP contribution in [0.1, 0.15) is 47.2 Å². The number of para-hydroxylation sites is 2. The van der Waals surface area contributed by atoms with Crippen LogP contribution in [0, 0.1) is 0 Å². The van der Waals surface area contributed by atoms with Crippen molar-refractivity contribution < 1.29 is 0 Å². The summed E-state index contributed by atoms with van der Waals surface area (Å²) in [7, 11) is 0. The van der Waals surface area contributed by atoms with Gasteiger partial charge in [-0.3, -0.25) is 0 Å². The summed E-state index contributed by atoms with van der Waals surface area (Å²) in [5.74, 6) is 0. The van der Waals surface area contributed by atoms with Crippen molar-refractivity contribution in [2.75, 3.05) is 4.90 Å². The average Bonchev–Trinajstić information content (AvgIpc) is 4.05. The van der Waals surface area contributed by atoms with Crippen molar-refractivity contribution in [3.8, 4) is 50.2 Å². The van der Waals surface area contributed by atoms with Gasteiger partial charge in [0.1, 0.15) is 0 Å². The molecule has 66 heavy (non-hydrogen) atoms. The number of aromatic nitrogens is 1. The van der Waals surface area contributed by atoms with Crippen molar-refractivity contribution in [1.82, 2.24) is 4.57 Å². The van der Waals surface area contributed by atoms with Crippen LogP contribution in [0.15, 0.2) is 231 Å². The molecule has 0 fully saturated rings. The van der Waals surface area contributed by atoms with Gasteiger partial charge in [-0.05, 0) is 115 Å². The van der Waals surface area contributed by atoms with E-state index < -0.39 is 5.41 Å². The van der Waals surface area contributed by atoms with Gasteiger partial charge in [-0.1, -0.05) is 196 Å². The molecule has 0 radical (unpaired) electrons. The molecule has 10 aromatic carbocycles. The van der Waals surface area contributed by atoms with Crippen molar-refractivity contribution >= 4 is 38.9 Å². The second kappa shape index (κ2) is 13.7. The highest BCUT2D eigenvalue weighted by atomic mass is 15.1. The summed E-state index contributed by atoms with van der Waals surface area (Å²) in [4.78, 5) is 2.57. The van der Waals surface area contributed by atoms with Crippen LogP contribution in [0.5, 0.6) is 0 Å². The maximum Gasteiger partial charge on any atom is 0.0726 e. The van der Waals surface area contributed by atoms with Crippen LogP contribution in [-0.4, -0.2) is 4.57 Å². The molecule has 0 saturated heterocycles. The van der Waals surface area contributed by atoms with Gasteiger partial charge in [0.15, 0.2) is 0 Å². The van der Waals surface area contributed by atoms with Gasteiger partial charge < -0.3 is 9.47 Å². The van der Waals surface area contributed by atoms with Crippen molar-refractivity contribution in [2.24, 2.45) is 0 Å². The van der Waals surface area contributed by atoms with Crippen LogP contribution in [0.2, 0.25) is 0 Å². The number of fused-ring (bicyclic) bond motifs is 16. The highest BCUT2D eigenvalue weighted by Gasteiger charge is 2.52. The number of hydrogen-bond acceptors (Lipinski definition) is 1. The lowest BCUT2D eigenvalue weighted by Crippen LogP contribution is -2.26. The van der Waals surface area contributed by atoms with Gasteiger partial charge in [0, 0.05) is 38.7 Å². The maximum absolute atomic E-state index is 2.57. The topological polar surface area (TPSA) is 8.17 Å². The molecule has 0 bridgehead atoms. The Hall–Kier alpha value is -8.20. The molecule has 14 rings (SSSR count). The van der Waals surface area contributed by atoms with E-state index in [1.165, 1.54) is 111 Å². The molecule has 3 aliphatic rings. The molecule has 0 saturated carbocycles. The number of nitrogens with zero attached hydrogens (tertiary/aromatic N) is 2. The summed E-state index contributed by atoms with van der Waals surface area (Å²) in [5, 5.41) is 2.52. The third-order valence-electron chi connectivity index (χ3n) is 15.2. The predicted molar refractivity (Wildman–Crippen MR) is 275 cm³/mol. The maximum atomic E-state index is 2.57. The minimum absolute atomic E-state index is 0.151. The highest BCUT2D eigenvalue weighted by molar-refractivity contribution is 6.16. The molecule has 1 heterocycles. The molecule has 2 nitrogen and oxygen atoms in total. The van der Waals surface area contributed by atoms with Crippen molar-refractivity contribution in [3.63, 3.8) is 0 Å². The molecule has 0 unspecified atom stereocenters. The summed E-state index contributed by atoms with van der Waals surface area (Å²) in [6.45, 7) is 4.76. The quantitative estimate of drug-likeness (QED) is 0.168. The molecular formula is C64H44N2. The van der Waals surface area contributed by atoms with E-state index in [0.29, 0.717) is 0 Å². The van der Waals surface area contributed by atoms with Crippen molar-refractivity contribution in [1.29, 1.82) is 0 Å². The third-order valence-corrected chi connectivity index (χ3v) is 15.2. The monoisotopic (exact) mass is 840 g/mol. The average molecular weight is 841 g/mol. The summed E-state index contributed by atoms with van der Waals surface area (Å²) >= 11 is 0. The van der Waals surface area contributed by atoms with E-state index >= 15 is 0 Å². The molecule has 3 aliphatic carbocycles. The highest BCUT2D eigenvalue weighted by Crippen LogP contribution is 2.65. The number of rotatable bonds is 5. The Labute approximate surface area is 385 Å². The van der Waals surface area contributed by atoms with Gasteiger partial charge in [-0.2, -0.15) is 0 Å². The van der Waals surface area contributed by atoms with Gasteiger partial charge in [0.2, 0.25) is 0 Å². The van der Waals surface area contributed by atoms with Crippen LogP contribution in [0.3, 0.4) is 0 Å². The molecular weight excluding hydrogens is 797 g/mol. The zero-order valence-electron chi connectivity index (χ0n) is 36.8. The molecule has 0 aliphatic heterocycles. The van der Waals surface area contributed by atoms with E-state index in [9.17, 15) is 0 Å². The molecule has 11 aromatic rings. The SMILES string of the molecule is CC1(C)c2ccccc2-c2c(N(c3ccc(-c4cccc5c4c4ccccc4n5-c4ccccc4)cc3)c3cccc4c3-c3ccccc3C43c4ccccc4-c4ccccc43)cccc21. The van der Waals surface area contributed by atoms with E-state index in [1.807, 2.05) is 0 Å². The lowest BCUT2D eigenvalue weighted by Gasteiger charge is -2.32. The first-order chi connectivity index (χ1) is 32.5. The zero-order chi connectivity index (χ0) is 43.7. The molecule has 310 valence electrons. The van der Waals surface area contributed by atoms with Crippen LogP contribution < -0.4 is 4.90 Å². The van der Waals surface area contributed by atoms with E-state index in [1.54, 1.807) is 0 Å². The van der Waals surface area contributed by atoms with Crippen LogP contribution in [0.4, 0.5) is 17.1 Å². The fourth-order valence-corrected chi connectivity index (χ4v) is 12.5. The fraction of sp³-hybridized carbons (Fsp3) is 0.0625. The van der Waals surface area contributed by atoms with E-state index in [2.05, 4.69) is 254 Å².